The van der Waals surface area contributed by atoms with E-state index in [1.807, 2.05) is 67.6 Å². The Morgan fingerprint density at radius 2 is 1.53 bits per heavy atom. The van der Waals surface area contributed by atoms with E-state index < -0.39 is 5.60 Å². The molecule has 0 amide bonds. The second-order valence-electron chi connectivity index (χ2n) is 4.74. The van der Waals surface area contributed by atoms with Crippen LogP contribution in [0.25, 0.3) is 0 Å². The maximum atomic E-state index is 10.7. The minimum atomic E-state index is -0.865. The van der Waals surface area contributed by atoms with Gasteiger partial charge in [0.15, 0.2) is 0 Å². The second-order valence-corrected chi connectivity index (χ2v) is 4.74. The van der Waals surface area contributed by atoms with E-state index in [0.29, 0.717) is 6.42 Å². The van der Waals surface area contributed by atoms with E-state index in [-0.39, 0.29) is 0 Å². The van der Waals surface area contributed by atoms with Gasteiger partial charge in [-0.15, -0.1) is 0 Å². The molecule has 0 radical (unpaired) electrons. The molecule has 0 fully saturated rings. The lowest BCUT2D eigenvalue weighted by atomic mass is 9.90. The lowest BCUT2D eigenvalue weighted by molar-refractivity contribution is 0.0849. The Morgan fingerprint density at radius 3 is 2.11 bits per heavy atom. The van der Waals surface area contributed by atoms with Gasteiger partial charge in [0.1, 0.15) is 5.60 Å². The summed E-state index contributed by atoms with van der Waals surface area (Å²) in [6.07, 6.45) is 5.47. The standard InChI is InChI=1S/C18H20O/c1-2-18(19,17-13-7-4-8-14-17)15-9-12-16-10-5-3-6-11-16/h3-11,13-15,19H,2,12H2,1H3/b15-9+. The highest BCUT2D eigenvalue weighted by atomic mass is 16.3. The molecule has 1 nitrogen and oxygen atoms in total. The quantitative estimate of drug-likeness (QED) is 0.795. The summed E-state index contributed by atoms with van der Waals surface area (Å²) in [5.41, 5.74) is 1.34. The summed E-state index contributed by atoms with van der Waals surface area (Å²) in [6, 6.07) is 20.1. The van der Waals surface area contributed by atoms with Gasteiger partial charge in [-0.05, 0) is 24.0 Å². The van der Waals surface area contributed by atoms with Crippen LogP contribution < -0.4 is 0 Å². The molecular formula is C18H20O. The minimum Gasteiger partial charge on any atom is -0.381 e. The Labute approximate surface area is 115 Å². The lowest BCUT2D eigenvalue weighted by Gasteiger charge is -2.23. The first-order valence-corrected chi connectivity index (χ1v) is 6.74. The molecular weight excluding hydrogens is 232 g/mol. The predicted octanol–water partition coefficient (Wildman–Crippen LogP) is 4.08. The van der Waals surface area contributed by atoms with Crippen molar-refractivity contribution in [3.8, 4) is 0 Å². The SMILES string of the molecule is CCC(O)(/C=C/Cc1ccccc1)c1ccccc1. The van der Waals surface area contributed by atoms with E-state index in [9.17, 15) is 5.11 Å². The molecule has 98 valence electrons. The van der Waals surface area contributed by atoms with Crippen molar-refractivity contribution >= 4 is 0 Å². The highest BCUT2D eigenvalue weighted by Crippen LogP contribution is 2.26. The molecule has 0 spiro atoms. The third kappa shape index (κ3) is 3.55. The Kier molecular flexibility index (Phi) is 4.53. The Morgan fingerprint density at radius 1 is 0.947 bits per heavy atom. The van der Waals surface area contributed by atoms with E-state index in [4.69, 9.17) is 0 Å². The molecule has 2 aromatic carbocycles. The van der Waals surface area contributed by atoms with E-state index in [2.05, 4.69) is 12.1 Å². The van der Waals surface area contributed by atoms with Crippen molar-refractivity contribution in [1.29, 1.82) is 0 Å². The van der Waals surface area contributed by atoms with Crippen LogP contribution in [0.15, 0.2) is 72.8 Å². The predicted molar refractivity (Wildman–Crippen MR) is 79.9 cm³/mol. The summed E-state index contributed by atoms with van der Waals surface area (Å²) in [5, 5.41) is 10.7. The molecule has 0 heterocycles. The minimum absolute atomic E-state index is 0.669. The third-order valence-corrected chi connectivity index (χ3v) is 3.40. The van der Waals surface area contributed by atoms with Gasteiger partial charge in [-0.1, -0.05) is 79.7 Å². The van der Waals surface area contributed by atoms with Gasteiger partial charge in [-0.2, -0.15) is 0 Å². The van der Waals surface area contributed by atoms with Crippen molar-refractivity contribution in [2.45, 2.75) is 25.4 Å². The summed E-state index contributed by atoms with van der Waals surface area (Å²) < 4.78 is 0. The van der Waals surface area contributed by atoms with Crippen LogP contribution in [0, 0.1) is 0 Å². The van der Waals surface area contributed by atoms with Gasteiger partial charge in [0, 0.05) is 0 Å². The van der Waals surface area contributed by atoms with Crippen LogP contribution in [0.2, 0.25) is 0 Å². The normalized spacial score (nSPS) is 14.4. The number of allylic oxidation sites excluding steroid dienone is 1. The molecule has 1 heteroatoms. The highest BCUT2D eigenvalue weighted by molar-refractivity contribution is 5.28. The zero-order valence-electron chi connectivity index (χ0n) is 11.3. The molecule has 1 atom stereocenters. The summed E-state index contributed by atoms with van der Waals surface area (Å²) in [5.74, 6) is 0. The van der Waals surface area contributed by atoms with E-state index in [0.717, 1.165) is 12.0 Å². The van der Waals surface area contributed by atoms with Crippen LogP contribution in [0.3, 0.4) is 0 Å². The Balaban J connectivity index is 2.11. The molecule has 0 bridgehead atoms. The van der Waals surface area contributed by atoms with Crippen LogP contribution in [-0.4, -0.2) is 5.11 Å². The molecule has 2 rings (SSSR count). The van der Waals surface area contributed by atoms with Crippen LogP contribution in [0.1, 0.15) is 24.5 Å². The van der Waals surface area contributed by atoms with Crippen LogP contribution >= 0.6 is 0 Å². The van der Waals surface area contributed by atoms with Crippen molar-refractivity contribution < 1.29 is 5.11 Å². The maximum absolute atomic E-state index is 10.7. The number of aliphatic hydroxyl groups is 1. The summed E-state index contributed by atoms with van der Waals surface area (Å²) in [4.78, 5) is 0. The third-order valence-electron chi connectivity index (χ3n) is 3.40. The van der Waals surface area contributed by atoms with Crippen LogP contribution in [-0.2, 0) is 12.0 Å². The average molecular weight is 252 g/mol. The second kappa shape index (κ2) is 6.35. The molecule has 19 heavy (non-hydrogen) atoms. The summed E-state index contributed by atoms with van der Waals surface area (Å²) in [7, 11) is 0. The van der Waals surface area contributed by atoms with Crippen LogP contribution in [0.5, 0.6) is 0 Å². The molecule has 0 aliphatic carbocycles. The number of hydrogen-bond donors (Lipinski definition) is 1. The van der Waals surface area contributed by atoms with Crippen molar-refractivity contribution in [3.05, 3.63) is 83.9 Å². The molecule has 0 saturated heterocycles. The van der Waals surface area contributed by atoms with E-state index in [1.54, 1.807) is 0 Å². The smallest absolute Gasteiger partial charge is 0.107 e. The number of benzene rings is 2. The van der Waals surface area contributed by atoms with Gasteiger partial charge in [0.2, 0.25) is 0 Å². The fourth-order valence-electron chi connectivity index (χ4n) is 2.15. The van der Waals surface area contributed by atoms with Crippen molar-refractivity contribution in [3.63, 3.8) is 0 Å². The van der Waals surface area contributed by atoms with Crippen LogP contribution in [0.4, 0.5) is 0 Å². The lowest BCUT2D eigenvalue weighted by Crippen LogP contribution is -2.21. The fraction of sp³-hybridized carbons (Fsp3) is 0.222. The topological polar surface area (TPSA) is 20.2 Å². The number of rotatable bonds is 5. The van der Waals surface area contributed by atoms with Gasteiger partial charge >= 0.3 is 0 Å². The van der Waals surface area contributed by atoms with Gasteiger partial charge in [0.25, 0.3) is 0 Å². The van der Waals surface area contributed by atoms with Gasteiger partial charge in [0.05, 0.1) is 0 Å². The van der Waals surface area contributed by atoms with Gasteiger partial charge in [-0.3, -0.25) is 0 Å². The molecule has 0 saturated carbocycles. The maximum Gasteiger partial charge on any atom is 0.107 e. The van der Waals surface area contributed by atoms with Gasteiger partial charge < -0.3 is 5.11 Å². The first kappa shape index (κ1) is 13.6. The molecule has 1 N–H and O–H groups in total. The van der Waals surface area contributed by atoms with E-state index in [1.165, 1.54) is 5.56 Å². The summed E-state index contributed by atoms with van der Waals surface area (Å²) in [6.45, 7) is 2.00. The molecule has 0 aliphatic heterocycles. The first-order valence-electron chi connectivity index (χ1n) is 6.74. The molecule has 0 aromatic heterocycles. The zero-order chi connectivity index (χ0) is 13.6. The van der Waals surface area contributed by atoms with Crippen molar-refractivity contribution in [2.24, 2.45) is 0 Å². The zero-order valence-corrected chi connectivity index (χ0v) is 11.3. The largest absolute Gasteiger partial charge is 0.381 e. The molecule has 2 aromatic rings. The summed E-state index contributed by atoms with van der Waals surface area (Å²) >= 11 is 0. The molecule has 1 unspecified atom stereocenters. The Bertz CT molecular complexity index is 516. The monoisotopic (exact) mass is 252 g/mol. The fourth-order valence-corrected chi connectivity index (χ4v) is 2.15. The first-order chi connectivity index (χ1) is 9.24. The van der Waals surface area contributed by atoms with E-state index >= 15 is 0 Å². The van der Waals surface area contributed by atoms with Crippen molar-refractivity contribution in [2.75, 3.05) is 0 Å². The average Bonchev–Trinajstić information content (AvgIpc) is 2.49. The number of hydrogen-bond acceptors (Lipinski definition) is 1. The highest BCUT2D eigenvalue weighted by Gasteiger charge is 2.22. The Hall–Kier alpha value is -1.86. The van der Waals surface area contributed by atoms with Gasteiger partial charge in [-0.25, -0.2) is 0 Å². The molecule has 0 aliphatic rings. The van der Waals surface area contributed by atoms with Crippen molar-refractivity contribution in [1.82, 2.24) is 0 Å².